The van der Waals surface area contributed by atoms with E-state index in [1.807, 2.05) is 32.3 Å². The fourth-order valence-electron chi connectivity index (χ4n) is 3.82. The van der Waals surface area contributed by atoms with Crippen LogP contribution in [0.25, 0.3) is 0 Å². The molecule has 2 amide bonds. The van der Waals surface area contributed by atoms with E-state index in [0.29, 0.717) is 30.9 Å². The molecule has 1 aromatic rings. The molecule has 30 heavy (non-hydrogen) atoms. The Hall–Kier alpha value is -1.94. The lowest BCUT2D eigenvalue weighted by atomic mass is 9.53. The van der Waals surface area contributed by atoms with Gasteiger partial charge >= 0.3 is 6.09 Å². The molecule has 2 rings (SSSR count). The average molecular weight is 442 g/mol. The fourth-order valence-corrected chi connectivity index (χ4v) is 4.07. The molecule has 9 nitrogen and oxygen atoms in total. The lowest BCUT2D eigenvalue weighted by molar-refractivity contribution is -0.178. The third kappa shape index (κ3) is 4.85. The van der Waals surface area contributed by atoms with Crippen molar-refractivity contribution in [2.75, 3.05) is 13.2 Å². The number of H-pyrrole nitrogens is 1. The highest BCUT2D eigenvalue weighted by Gasteiger charge is 2.66. The molecule has 1 heterocycles. The average Bonchev–Trinajstić information content (AvgIpc) is 2.98. The van der Waals surface area contributed by atoms with Crippen molar-refractivity contribution in [2.45, 2.75) is 85.1 Å². The van der Waals surface area contributed by atoms with E-state index in [0.717, 1.165) is 12.2 Å². The number of hydrogen-bond acceptors (Lipinski definition) is 6. The van der Waals surface area contributed by atoms with E-state index in [-0.39, 0.29) is 12.0 Å². The molecule has 2 atom stereocenters. The molecule has 1 aromatic heterocycles. The summed E-state index contributed by atoms with van der Waals surface area (Å²) in [5.41, 5.74) is -2.39. The molecule has 0 aliphatic heterocycles. The zero-order valence-corrected chi connectivity index (χ0v) is 19.9. The molecule has 0 spiro atoms. The Morgan fingerprint density at radius 1 is 1.33 bits per heavy atom. The summed E-state index contributed by atoms with van der Waals surface area (Å²) in [6, 6.07) is 0. The SMILES string of the molecule is CCO[C@H]1C[C@@](NC(=O)OC(C)(C)C)(C(=O)NCCn2c(CC)n[nH]c2=S)C1(C)C. The summed E-state index contributed by atoms with van der Waals surface area (Å²) in [6.45, 7) is 14.5. The van der Waals surface area contributed by atoms with Gasteiger partial charge in [-0.2, -0.15) is 5.10 Å². The predicted molar refractivity (Wildman–Crippen MR) is 116 cm³/mol. The molecule has 170 valence electrons. The van der Waals surface area contributed by atoms with E-state index in [1.165, 1.54) is 0 Å². The Morgan fingerprint density at radius 3 is 2.53 bits per heavy atom. The van der Waals surface area contributed by atoms with Gasteiger partial charge in [-0.15, -0.1) is 0 Å². The van der Waals surface area contributed by atoms with Crippen LogP contribution in [0, 0.1) is 10.2 Å². The number of alkyl carbamates (subject to hydrolysis) is 1. The second-order valence-electron chi connectivity index (χ2n) is 9.11. The lowest BCUT2D eigenvalue weighted by Gasteiger charge is -2.59. The highest BCUT2D eigenvalue weighted by Crippen LogP contribution is 2.51. The molecule has 0 saturated heterocycles. The van der Waals surface area contributed by atoms with E-state index in [2.05, 4.69) is 20.8 Å². The number of rotatable bonds is 8. The summed E-state index contributed by atoms with van der Waals surface area (Å²) in [7, 11) is 0. The number of carbonyl (C=O) groups excluding carboxylic acids is 2. The first kappa shape index (κ1) is 24.3. The summed E-state index contributed by atoms with van der Waals surface area (Å²) >= 11 is 5.26. The van der Waals surface area contributed by atoms with Gasteiger partial charge < -0.3 is 24.7 Å². The van der Waals surface area contributed by atoms with Gasteiger partial charge in [0.25, 0.3) is 0 Å². The first-order valence-corrected chi connectivity index (χ1v) is 10.8. The molecule has 1 aliphatic carbocycles. The third-order valence-corrected chi connectivity index (χ3v) is 5.95. The van der Waals surface area contributed by atoms with Gasteiger partial charge in [-0.1, -0.05) is 20.8 Å². The zero-order chi connectivity index (χ0) is 22.7. The molecule has 0 unspecified atom stereocenters. The van der Waals surface area contributed by atoms with Crippen LogP contribution in [-0.4, -0.2) is 57.2 Å². The number of carbonyl (C=O) groups is 2. The summed E-state index contributed by atoms with van der Waals surface area (Å²) in [6.07, 6.45) is 0.349. The maximum atomic E-state index is 13.3. The monoisotopic (exact) mass is 441 g/mol. The van der Waals surface area contributed by atoms with Crippen molar-refractivity contribution >= 4 is 24.2 Å². The molecule has 1 fully saturated rings. The van der Waals surface area contributed by atoms with Crippen molar-refractivity contribution < 1.29 is 19.1 Å². The Bertz CT molecular complexity index is 826. The van der Waals surface area contributed by atoms with Crippen LogP contribution in [0.3, 0.4) is 0 Å². The minimum atomic E-state index is -1.12. The van der Waals surface area contributed by atoms with Crippen LogP contribution in [0.2, 0.25) is 0 Å². The molecule has 1 saturated carbocycles. The summed E-state index contributed by atoms with van der Waals surface area (Å²) in [5.74, 6) is 0.568. The number of nitrogens with zero attached hydrogens (tertiary/aromatic N) is 2. The first-order chi connectivity index (χ1) is 13.9. The fraction of sp³-hybridized carbons (Fsp3) is 0.800. The standard InChI is InChI=1S/C20H35N5O4S/c1-8-14-23-24-16(30)25(14)11-10-21-15(26)20(22-17(27)29-18(3,4)5)12-13(28-9-2)19(20,6)7/h13H,8-12H2,1-7H3,(H,21,26)(H,22,27)(H,24,30)/t13-,20+/m0/s1. The molecule has 10 heteroatoms. The van der Waals surface area contributed by atoms with Gasteiger partial charge in [-0.05, 0) is 39.9 Å². The van der Waals surface area contributed by atoms with Crippen LogP contribution in [-0.2, 0) is 27.2 Å². The number of hydrogen-bond donors (Lipinski definition) is 3. The molecule has 1 aliphatic rings. The number of aromatic amines is 1. The molecular formula is C20H35N5O4S. The Balaban J connectivity index is 2.14. The lowest BCUT2D eigenvalue weighted by Crippen LogP contribution is -2.78. The van der Waals surface area contributed by atoms with Gasteiger partial charge in [0.15, 0.2) is 4.77 Å². The van der Waals surface area contributed by atoms with Crippen LogP contribution < -0.4 is 10.6 Å². The number of aromatic nitrogens is 3. The van der Waals surface area contributed by atoms with Gasteiger partial charge in [0.05, 0.1) is 6.10 Å². The van der Waals surface area contributed by atoms with E-state index in [1.54, 1.807) is 20.8 Å². The van der Waals surface area contributed by atoms with Crippen LogP contribution >= 0.6 is 12.2 Å². The van der Waals surface area contributed by atoms with Gasteiger partial charge in [-0.25, -0.2) is 4.79 Å². The molecule has 0 bridgehead atoms. The quantitative estimate of drug-likeness (QED) is 0.535. The van der Waals surface area contributed by atoms with Crippen LogP contribution in [0.1, 0.15) is 60.7 Å². The molecule has 0 aromatic carbocycles. The topological polar surface area (TPSA) is 110 Å². The Kier molecular flexibility index (Phi) is 7.34. The van der Waals surface area contributed by atoms with Gasteiger partial charge in [0.2, 0.25) is 5.91 Å². The van der Waals surface area contributed by atoms with Crippen LogP contribution in [0.15, 0.2) is 0 Å². The highest BCUT2D eigenvalue weighted by molar-refractivity contribution is 7.71. The third-order valence-electron chi connectivity index (χ3n) is 5.64. The van der Waals surface area contributed by atoms with Crippen molar-refractivity contribution in [1.82, 2.24) is 25.4 Å². The molecular weight excluding hydrogens is 406 g/mol. The number of aryl methyl sites for hydroxylation is 1. The van der Waals surface area contributed by atoms with Crippen molar-refractivity contribution in [1.29, 1.82) is 0 Å². The van der Waals surface area contributed by atoms with Crippen LogP contribution in [0.4, 0.5) is 4.79 Å². The van der Waals surface area contributed by atoms with Gasteiger partial charge in [0.1, 0.15) is 17.0 Å². The highest BCUT2D eigenvalue weighted by atomic mass is 32.1. The Morgan fingerprint density at radius 2 is 2.00 bits per heavy atom. The van der Waals surface area contributed by atoms with E-state index in [4.69, 9.17) is 21.7 Å². The van der Waals surface area contributed by atoms with E-state index >= 15 is 0 Å². The predicted octanol–water partition coefficient (Wildman–Crippen LogP) is 2.72. The van der Waals surface area contributed by atoms with Crippen molar-refractivity contribution in [3.63, 3.8) is 0 Å². The second-order valence-corrected chi connectivity index (χ2v) is 9.49. The van der Waals surface area contributed by atoms with Crippen molar-refractivity contribution in [2.24, 2.45) is 5.41 Å². The normalized spacial score (nSPS) is 22.8. The maximum Gasteiger partial charge on any atom is 0.408 e. The van der Waals surface area contributed by atoms with Gasteiger partial charge in [0, 0.05) is 38.0 Å². The molecule has 3 N–H and O–H groups in total. The van der Waals surface area contributed by atoms with E-state index in [9.17, 15) is 9.59 Å². The number of nitrogens with one attached hydrogen (secondary N) is 3. The van der Waals surface area contributed by atoms with E-state index < -0.39 is 22.6 Å². The van der Waals surface area contributed by atoms with Crippen LogP contribution in [0.5, 0.6) is 0 Å². The Labute approximate surface area is 183 Å². The minimum absolute atomic E-state index is 0.141. The first-order valence-electron chi connectivity index (χ1n) is 10.4. The maximum absolute atomic E-state index is 13.3. The summed E-state index contributed by atoms with van der Waals surface area (Å²) in [4.78, 5) is 25.8. The number of ether oxygens (including phenoxy) is 2. The summed E-state index contributed by atoms with van der Waals surface area (Å²) < 4.78 is 13.6. The summed E-state index contributed by atoms with van der Waals surface area (Å²) in [5, 5.41) is 12.7. The minimum Gasteiger partial charge on any atom is -0.444 e. The zero-order valence-electron chi connectivity index (χ0n) is 19.0. The van der Waals surface area contributed by atoms with Gasteiger partial charge in [-0.3, -0.25) is 9.89 Å². The van der Waals surface area contributed by atoms with Crippen molar-refractivity contribution in [3.8, 4) is 0 Å². The second kappa shape index (κ2) is 9.05. The number of amides is 2. The smallest absolute Gasteiger partial charge is 0.408 e. The van der Waals surface area contributed by atoms with Crippen molar-refractivity contribution in [3.05, 3.63) is 10.6 Å². The molecule has 0 radical (unpaired) electrons. The largest absolute Gasteiger partial charge is 0.444 e.